The Labute approximate surface area is 565 Å². The van der Waals surface area contributed by atoms with Crippen LogP contribution in [0.4, 0.5) is 41.9 Å². The molecule has 5 aromatic carbocycles. The van der Waals surface area contributed by atoms with E-state index in [0.29, 0.717) is 103 Å². The number of nitrogens with one attached hydrogen (secondary N) is 4. The first-order valence-corrected chi connectivity index (χ1v) is 32.7. The van der Waals surface area contributed by atoms with Crippen molar-refractivity contribution in [1.29, 1.82) is 0 Å². The second-order valence-electron chi connectivity index (χ2n) is 27.3. The van der Waals surface area contributed by atoms with Crippen molar-refractivity contribution in [3.8, 4) is 0 Å². The Kier molecular flexibility index (Phi) is 33.1. The lowest BCUT2D eigenvalue weighted by Crippen LogP contribution is -2.28. The van der Waals surface area contributed by atoms with E-state index in [1.54, 1.807) is 135 Å². The largest absolute Gasteiger partial charge is 0.444 e. The number of aliphatic hydroxyl groups excluding tert-OH is 4. The summed E-state index contributed by atoms with van der Waals surface area (Å²) < 4.78 is 26.6. The van der Waals surface area contributed by atoms with Gasteiger partial charge in [0.25, 0.3) is 0 Å². The minimum atomic E-state index is -0.774. The fraction of sp³-hybridized carbons (Fsp3) is 0.521. The van der Waals surface area contributed by atoms with Gasteiger partial charge in [-0.15, -0.1) is 0 Å². The Balaban J connectivity index is 0.000000323. The maximum Gasteiger partial charge on any atom is 0.412 e. The van der Waals surface area contributed by atoms with E-state index in [4.69, 9.17) is 70.1 Å². The molecule has 8 N–H and O–H groups in total. The lowest BCUT2D eigenvalue weighted by atomic mass is 9.82. The lowest BCUT2D eigenvalue weighted by Gasteiger charge is -2.28. The Hall–Kier alpha value is -5.86. The molecule has 1 aliphatic rings. The highest BCUT2D eigenvalue weighted by molar-refractivity contribution is 6.31. The maximum atomic E-state index is 12.1. The molecule has 0 radical (unpaired) electrons. The zero-order valence-electron chi connectivity index (χ0n) is 56.4. The number of anilines is 4. The second-order valence-corrected chi connectivity index (χ2v) is 29.1. The van der Waals surface area contributed by atoms with Crippen LogP contribution < -0.4 is 21.3 Å². The van der Waals surface area contributed by atoms with Crippen molar-refractivity contribution in [2.24, 2.45) is 17.8 Å². The van der Waals surface area contributed by atoms with Gasteiger partial charge in [-0.1, -0.05) is 124 Å². The highest BCUT2D eigenvalue weighted by Crippen LogP contribution is 2.39. The maximum absolute atomic E-state index is 12.1. The summed E-state index contributed by atoms with van der Waals surface area (Å²) in [6, 6.07) is 30.0. The van der Waals surface area contributed by atoms with Gasteiger partial charge < -0.3 is 44.1 Å². The molecular weight excluding hydrogens is 1260 g/mol. The molecule has 6 rings (SSSR count). The summed E-state index contributed by atoms with van der Waals surface area (Å²) in [6.45, 7) is 30.5. The first-order valence-electron chi connectivity index (χ1n) is 31.2. The van der Waals surface area contributed by atoms with Crippen LogP contribution in [0.15, 0.2) is 103 Å². The van der Waals surface area contributed by atoms with Gasteiger partial charge in [-0.3, -0.25) is 21.3 Å². The average molecular weight is 1360 g/mol. The number of ether oxygens (including phenoxy) is 5. The highest BCUT2D eigenvalue weighted by atomic mass is 35.5. The molecule has 17 nitrogen and oxygen atoms in total. The molecule has 1 aliphatic carbocycles. The van der Waals surface area contributed by atoms with E-state index >= 15 is 0 Å². The predicted molar refractivity (Wildman–Crippen MR) is 371 cm³/mol. The number of aliphatic hydroxyl groups is 4. The predicted octanol–water partition coefficient (Wildman–Crippen LogP) is 20.2. The van der Waals surface area contributed by atoms with Gasteiger partial charge in [-0.25, -0.2) is 19.2 Å². The van der Waals surface area contributed by atoms with Gasteiger partial charge in [-0.2, -0.15) is 0 Å². The molecule has 0 bridgehead atoms. The summed E-state index contributed by atoms with van der Waals surface area (Å²) in [4.78, 5) is 47.7. The summed E-state index contributed by atoms with van der Waals surface area (Å²) in [6.07, 6.45) is 2.23. The molecule has 4 amide bonds. The molecule has 0 aliphatic heterocycles. The number of hydrogen-bond donors (Lipinski definition) is 8. The van der Waals surface area contributed by atoms with Gasteiger partial charge in [0.2, 0.25) is 0 Å². The van der Waals surface area contributed by atoms with Gasteiger partial charge in [0, 0.05) is 71.7 Å². The molecule has 0 heterocycles. The van der Waals surface area contributed by atoms with Crippen molar-refractivity contribution in [1.82, 2.24) is 0 Å². The third kappa shape index (κ3) is 32.3. The quantitative estimate of drug-likeness (QED) is 0.0301. The van der Waals surface area contributed by atoms with Crippen LogP contribution in [0.25, 0.3) is 0 Å². The highest BCUT2D eigenvalue weighted by Gasteiger charge is 2.28. The Bertz CT molecular complexity index is 3100. The van der Waals surface area contributed by atoms with Crippen molar-refractivity contribution in [3.05, 3.63) is 151 Å². The number of carbonyl (C=O) groups excluding carboxylic acids is 4. The SMILES string of the molecule is CC(C)(C)OC(=O)Nc1ccc(Cl)cc1C(O)C1CCCCC1.CC(C)(C)OC(=O)Nc1ccc(Cl)cc1C(O)CCCOCc1ccccc1.CC(C)C(O)c1cc(Cl)ccc1NC(=O)OC(C)(C)C.CC(C)CC(O)c1cc(Cl)ccc1NC(=O)OC(C)(C)C. The van der Waals surface area contributed by atoms with Crippen molar-refractivity contribution in [2.75, 3.05) is 27.9 Å². The van der Waals surface area contributed by atoms with Crippen molar-refractivity contribution in [3.63, 3.8) is 0 Å². The van der Waals surface area contributed by atoms with Crippen LogP contribution in [0.5, 0.6) is 0 Å². The molecule has 5 aromatic rings. The summed E-state index contributed by atoms with van der Waals surface area (Å²) in [5.41, 5.74) is 3.24. The number of hydrogen-bond acceptors (Lipinski definition) is 13. The molecule has 0 aromatic heterocycles. The topological polar surface area (TPSA) is 243 Å². The molecule has 4 unspecified atom stereocenters. The lowest BCUT2D eigenvalue weighted by molar-refractivity contribution is 0.0621. The molecule has 0 spiro atoms. The van der Waals surface area contributed by atoms with Crippen LogP contribution in [-0.4, -0.2) is 73.8 Å². The summed E-state index contributed by atoms with van der Waals surface area (Å²) in [5, 5.41) is 54.6. The number of carbonyl (C=O) groups is 4. The zero-order valence-corrected chi connectivity index (χ0v) is 59.4. The van der Waals surface area contributed by atoms with Crippen molar-refractivity contribution >= 4 is 93.5 Å². The normalized spacial score (nSPS) is 14.1. The van der Waals surface area contributed by atoms with E-state index in [-0.39, 0.29) is 11.8 Å². The average Bonchev–Trinajstić information content (AvgIpc) is 0.921. The van der Waals surface area contributed by atoms with E-state index in [1.165, 1.54) is 6.42 Å². The fourth-order valence-electron chi connectivity index (χ4n) is 9.22. The number of amides is 4. The third-order valence-corrected chi connectivity index (χ3v) is 14.2. The van der Waals surface area contributed by atoms with Crippen LogP contribution >= 0.6 is 46.4 Å². The van der Waals surface area contributed by atoms with Crippen LogP contribution in [0.3, 0.4) is 0 Å². The molecule has 92 heavy (non-hydrogen) atoms. The monoisotopic (exact) mass is 1360 g/mol. The molecular formula is C71H100Cl4N4O13. The smallest absolute Gasteiger partial charge is 0.412 e. The first-order chi connectivity index (χ1) is 42.7. The second kappa shape index (κ2) is 37.9. The molecule has 21 heteroatoms. The third-order valence-electron chi connectivity index (χ3n) is 13.3. The Morgan fingerprint density at radius 1 is 0.478 bits per heavy atom. The molecule has 1 saturated carbocycles. The van der Waals surface area contributed by atoms with Crippen LogP contribution in [0.2, 0.25) is 20.1 Å². The standard InChI is InChI=1S/C22H28ClNO4.C18H26ClNO3.C16H24ClNO3.C15H22ClNO3/c1-22(2,3)28-21(26)24-19-12-11-17(23)14-18(19)20(25)10-7-13-27-15-16-8-5-4-6-9-16;1-18(2,3)23-17(22)20-15-10-9-13(19)11-14(15)16(21)12-7-5-4-6-8-12;1-10(2)8-14(19)12-9-11(17)6-7-13(12)18-15(20)21-16(3,4)5;1-9(2)13(18)11-8-10(16)6-7-12(11)17-14(19)20-15(3,4)5/h4-6,8-9,11-12,14,20,25H,7,10,13,15H2,1-3H3,(H,24,26);9-12,16,21H,4-8H2,1-3H3,(H,20,22);6-7,9-10,14,19H,8H2,1-5H3,(H,18,20);6-9,13,18H,1-5H3,(H,17,19). The van der Waals surface area contributed by atoms with E-state index in [2.05, 4.69) is 21.3 Å². The van der Waals surface area contributed by atoms with Crippen LogP contribution in [0, 0.1) is 17.8 Å². The minimum Gasteiger partial charge on any atom is -0.444 e. The molecule has 0 saturated heterocycles. The Morgan fingerprint density at radius 2 is 0.826 bits per heavy atom. The van der Waals surface area contributed by atoms with Gasteiger partial charge in [0.1, 0.15) is 22.4 Å². The zero-order chi connectivity index (χ0) is 69.3. The van der Waals surface area contributed by atoms with E-state index in [0.717, 1.165) is 31.2 Å². The number of benzene rings is 5. The molecule has 510 valence electrons. The summed E-state index contributed by atoms with van der Waals surface area (Å²) in [7, 11) is 0. The fourth-order valence-corrected chi connectivity index (χ4v) is 9.94. The van der Waals surface area contributed by atoms with E-state index in [1.807, 2.05) is 78.8 Å². The molecule has 1 fully saturated rings. The number of halogens is 4. The Morgan fingerprint density at radius 3 is 1.20 bits per heavy atom. The van der Waals surface area contributed by atoms with Gasteiger partial charge in [0.05, 0.1) is 31.0 Å². The minimum absolute atomic E-state index is 0.00709. The van der Waals surface area contributed by atoms with Gasteiger partial charge >= 0.3 is 24.4 Å². The summed E-state index contributed by atoms with van der Waals surface area (Å²) >= 11 is 24.1. The first kappa shape index (κ1) is 80.4. The van der Waals surface area contributed by atoms with Gasteiger partial charge in [-0.05, 0) is 211 Å². The molecule has 4 atom stereocenters. The van der Waals surface area contributed by atoms with Crippen molar-refractivity contribution < 1.29 is 63.3 Å². The van der Waals surface area contributed by atoms with Gasteiger partial charge in [0.15, 0.2) is 0 Å². The van der Waals surface area contributed by atoms with Crippen molar-refractivity contribution in [2.45, 2.75) is 216 Å². The van der Waals surface area contributed by atoms with E-state index in [9.17, 15) is 39.6 Å². The summed E-state index contributed by atoms with van der Waals surface area (Å²) in [5.74, 6) is 0.544. The van der Waals surface area contributed by atoms with Crippen LogP contribution in [-0.2, 0) is 30.3 Å². The van der Waals surface area contributed by atoms with Crippen LogP contribution in [0.1, 0.15) is 214 Å². The number of rotatable bonds is 18. The van der Waals surface area contributed by atoms with E-state index < -0.39 is 71.2 Å².